The maximum Gasteiger partial charge on any atom is 0.00725 e. The minimum absolute atomic E-state index is 0.955. The molecule has 0 saturated carbocycles. The number of hydrogen-bond donors (Lipinski definition) is 1. The molecule has 0 rings (SSSR count). The Balaban J connectivity index is 4.10. The molecule has 0 spiro atoms. The van der Waals surface area contributed by atoms with E-state index < -0.39 is 0 Å². The molecule has 0 aromatic carbocycles. The first-order valence-electron chi connectivity index (χ1n) is 3.35. The molecule has 0 atom stereocenters. The molecule has 1 heteroatoms. The van der Waals surface area contributed by atoms with Gasteiger partial charge in [-0.15, -0.1) is 0 Å². The molecule has 0 heterocycles. The van der Waals surface area contributed by atoms with Gasteiger partial charge in [0.1, 0.15) is 0 Å². The fourth-order valence-electron chi connectivity index (χ4n) is 0.586. The normalized spacial score (nSPS) is 13.9. The van der Waals surface area contributed by atoms with E-state index in [-0.39, 0.29) is 0 Å². The van der Waals surface area contributed by atoms with E-state index in [0.29, 0.717) is 0 Å². The van der Waals surface area contributed by atoms with E-state index in [1.807, 2.05) is 0 Å². The summed E-state index contributed by atoms with van der Waals surface area (Å²) in [4.78, 5) is 0. The Bertz CT molecular complexity index is 112. The smallest absolute Gasteiger partial charge is 0.00725 e. The summed E-state index contributed by atoms with van der Waals surface area (Å²) in [6.45, 7) is 8.30. The van der Waals surface area contributed by atoms with Crippen LogP contribution in [0.15, 0.2) is 11.3 Å². The minimum atomic E-state index is 0.955. The second kappa shape index (κ2) is 3.54. The van der Waals surface area contributed by atoms with Crippen molar-refractivity contribution in [3.05, 3.63) is 17.2 Å². The molecule has 0 saturated heterocycles. The van der Waals surface area contributed by atoms with E-state index in [1.54, 1.807) is 0 Å². The van der Waals surface area contributed by atoms with Gasteiger partial charge in [0, 0.05) is 5.70 Å². The lowest BCUT2D eigenvalue weighted by Crippen LogP contribution is -2.02. The first-order valence-corrected chi connectivity index (χ1v) is 3.35. The van der Waals surface area contributed by atoms with Crippen LogP contribution < -0.4 is 5.73 Å². The van der Waals surface area contributed by atoms with Gasteiger partial charge in [0.05, 0.1) is 0 Å². The van der Waals surface area contributed by atoms with Crippen molar-refractivity contribution in [1.82, 2.24) is 0 Å². The highest BCUT2D eigenvalue weighted by Crippen LogP contribution is 2.13. The topological polar surface area (TPSA) is 26.0 Å². The fourth-order valence-corrected chi connectivity index (χ4v) is 0.586. The standard InChI is InChI=1S/C8H16N/c1-5-8(9)7(4)6(2)3/h5,9H2,1-4H3/b8-7+. The molecule has 0 aliphatic carbocycles. The van der Waals surface area contributed by atoms with E-state index in [1.165, 1.54) is 11.5 Å². The van der Waals surface area contributed by atoms with Crippen LogP contribution in [-0.2, 0) is 0 Å². The summed E-state index contributed by atoms with van der Waals surface area (Å²) in [5.74, 6) is 1.31. The molecule has 0 aromatic heterocycles. The van der Waals surface area contributed by atoms with Crippen LogP contribution in [0.25, 0.3) is 0 Å². The van der Waals surface area contributed by atoms with Gasteiger partial charge in [0.2, 0.25) is 0 Å². The van der Waals surface area contributed by atoms with Crippen molar-refractivity contribution in [3.8, 4) is 0 Å². The molecular formula is C8H16N. The van der Waals surface area contributed by atoms with Crippen molar-refractivity contribution in [3.63, 3.8) is 0 Å². The van der Waals surface area contributed by atoms with Gasteiger partial charge in [-0.1, -0.05) is 20.8 Å². The van der Waals surface area contributed by atoms with Crippen LogP contribution in [0.2, 0.25) is 0 Å². The highest BCUT2D eigenvalue weighted by Gasteiger charge is 1.99. The van der Waals surface area contributed by atoms with Gasteiger partial charge in [-0.25, -0.2) is 0 Å². The molecule has 0 bridgehead atoms. The molecule has 0 aliphatic rings. The van der Waals surface area contributed by atoms with Crippen molar-refractivity contribution >= 4 is 0 Å². The monoisotopic (exact) mass is 126 g/mol. The van der Waals surface area contributed by atoms with Crippen molar-refractivity contribution in [2.75, 3.05) is 0 Å². The molecule has 0 amide bonds. The van der Waals surface area contributed by atoms with Crippen LogP contribution in [0.3, 0.4) is 0 Å². The number of nitrogens with two attached hydrogens (primary N) is 1. The first kappa shape index (κ1) is 8.54. The van der Waals surface area contributed by atoms with Crippen LogP contribution in [0.1, 0.15) is 34.1 Å². The van der Waals surface area contributed by atoms with Crippen molar-refractivity contribution in [2.45, 2.75) is 34.1 Å². The third-order valence-corrected chi connectivity index (χ3v) is 1.61. The van der Waals surface area contributed by atoms with Crippen LogP contribution in [0, 0.1) is 5.92 Å². The lowest BCUT2D eigenvalue weighted by molar-refractivity contribution is 0.980. The average molecular weight is 126 g/mol. The summed E-state index contributed by atoms with van der Waals surface area (Å²) in [6.07, 6.45) is 0.955. The second-order valence-electron chi connectivity index (χ2n) is 2.50. The van der Waals surface area contributed by atoms with E-state index in [0.717, 1.165) is 12.1 Å². The summed E-state index contributed by atoms with van der Waals surface area (Å²) in [5.41, 5.74) is 7.93. The second-order valence-corrected chi connectivity index (χ2v) is 2.50. The summed E-state index contributed by atoms with van der Waals surface area (Å²) < 4.78 is 0. The molecule has 9 heavy (non-hydrogen) atoms. The molecule has 1 radical (unpaired) electrons. The Morgan fingerprint density at radius 1 is 1.22 bits per heavy atom. The van der Waals surface area contributed by atoms with Gasteiger partial charge in [-0.3, -0.25) is 0 Å². The van der Waals surface area contributed by atoms with E-state index >= 15 is 0 Å². The fraction of sp³-hybridized carbons (Fsp3) is 0.625. The maximum absolute atomic E-state index is 5.68. The molecule has 0 aliphatic heterocycles. The van der Waals surface area contributed by atoms with E-state index in [9.17, 15) is 0 Å². The quantitative estimate of drug-likeness (QED) is 0.603. The molecule has 53 valence electrons. The average Bonchev–Trinajstić information content (AvgIpc) is 1.84. The summed E-state index contributed by atoms with van der Waals surface area (Å²) in [5, 5.41) is 0. The maximum atomic E-state index is 5.68. The predicted octanol–water partition coefficient (Wildman–Crippen LogP) is 2.24. The highest BCUT2D eigenvalue weighted by molar-refractivity contribution is 5.22. The van der Waals surface area contributed by atoms with E-state index in [2.05, 4.69) is 27.7 Å². The predicted molar refractivity (Wildman–Crippen MR) is 41.8 cm³/mol. The van der Waals surface area contributed by atoms with Crippen LogP contribution in [0.5, 0.6) is 0 Å². The number of allylic oxidation sites excluding steroid dienone is 2. The Labute approximate surface area is 57.9 Å². The SMILES string of the molecule is CC/C(N)=C(/C)[C](C)C. The zero-order valence-corrected chi connectivity index (χ0v) is 6.78. The molecule has 1 nitrogen and oxygen atoms in total. The Morgan fingerprint density at radius 2 is 1.67 bits per heavy atom. The Kier molecular flexibility index (Phi) is 3.36. The van der Waals surface area contributed by atoms with Crippen molar-refractivity contribution in [1.29, 1.82) is 0 Å². The molecule has 0 unspecified atom stereocenters. The van der Waals surface area contributed by atoms with Crippen molar-refractivity contribution in [2.24, 2.45) is 5.73 Å². The van der Waals surface area contributed by atoms with Crippen LogP contribution >= 0.6 is 0 Å². The highest BCUT2D eigenvalue weighted by atomic mass is 14.6. The summed E-state index contributed by atoms with van der Waals surface area (Å²) in [7, 11) is 0. The molecule has 2 N–H and O–H groups in total. The zero-order valence-electron chi connectivity index (χ0n) is 6.78. The first-order chi connectivity index (χ1) is 4.09. The summed E-state index contributed by atoms with van der Waals surface area (Å²) >= 11 is 0. The Hall–Kier alpha value is -0.460. The minimum Gasteiger partial charge on any atom is -0.402 e. The summed E-state index contributed by atoms with van der Waals surface area (Å²) in [6, 6.07) is 0. The molecule has 0 fully saturated rings. The number of hydrogen-bond acceptors (Lipinski definition) is 1. The third-order valence-electron chi connectivity index (χ3n) is 1.61. The van der Waals surface area contributed by atoms with E-state index in [4.69, 9.17) is 5.73 Å². The van der Waals surface area contributed by atoms with Gasteiger partial charge in [-0.05, 0) is 24.8 Å². The number of rotatable bonds is 2. The van der Waals surface area contributed by atoms with Crippen LogP contribution in [0.4, 0.5) is 0 Å². The van der Waals surface area contributed by atoms with Crippen molar-refractivity contribution < 1.29 is 0 Å². The molecule has 0 aromatic rings. The van der Waals surface area contributed by atoms with Gasteiger partial charge in [0.15, 0.2) is 0 Å². The van der Waals surface area contributed by atoms with Gasteiger partial charge in [0.25, 0.3) is 0 Å². The Morgan fingerprint density at radius 3 is 1.78 bits per heavy atom. The lowest BCUT2D eigenvalue weighted by Gasteiger charge is -2.07. The molecular weight excluding hydrogens is 110 g/mol. The zero-order chi connectivity index (χ0) is 7.44. The van der Waals surface area contributed by atoms with Crippen LogP contribution in [-0.4, -0.2) is 0 Å². The van der Waals surface area contributed by atoms with Gasteiger partial charge in [-0.2, -0.15) is 0 Å². The lowest BCUT2D eigenvalue weighted by atomic mass is 10.0. The van der Waals surface area contributed by atoms with Gasteiger partial charge < -0.3 is 5.73 Å². The largest absolute Gasteiger partial charge is 0.402 e. The van der Waals surface area contributed by atoms with Gasteiger partial charge >= 0.3 is 0 Å². The third kappa shape index (κ3) is 2.54.